The van der Waals surface area contributed by atoms with Crippen molar-refractivity contribution >= 4 is 27.5 Å². The van der Waals surface area contributed by atoms with Crippen molar-refractivity contribution in [1.29, 1.82) is 0 Å². The summed E-state index contributed by atoms with van der Waals surface area (Å²) in [6, 6.07) is 2.21. The van der Waals surface area contributed by atoms with Gasteiger partial charge in [0.1, 0.15) is 0 Å². The van der Waals surface area contributed by atoms with Gasteiger partial charge in [0, 0.05) is 58.0 Å². The molecule has 2 fully saturated rings. The van der Waals surface area contributed by atoms with E-state index < -0.39 is 39.3 Å². The number of alkyl halides is 3. The van der Waals surface area contributed by atoms with Crippen LogP contribution >= 0.6 is 11.6 Å². The average Bonchev–Trinajstić information content (AvgIpc) is 3.31. The maximum absolute atomic E-state index is 13.0. The predicted molar refractivity (Wildman–Crippen MR) is 128 cm³/mol. The lowest BCUT2D eigenvalue weighted by atomic mass is 9.80. The van der Waals surface area contributed by atoms with Crippen LogP contribution in [0, 0.1) is 0 Å². The zero-order chi connectivity index (χ0) is 27.0. The van der Waals surface area contributed by atoms with Gasteiger partial charge in [-0.2, -0.15) is 17.5 Å². The Balaban J connectivity index is 1.48. The minimum Gasteiger partial charge on any atom is -0.381 e. The van der Waals surface area contributed by atoms with Gasteiger partial charge in [-0.05, 0) is 38.0 Å². The summed E-state index contributed by atoms with van der Waals surface area (Å²) in [5.41, 5.74) is -1.52. The molecule has 37 heavy (non-hydrogen) atoms. The summed E-state index contributed by atoms with van der Waals surface area (Å²) in [6.07, 6.45) is -2.04. The molecule has 0 spiro atoms. The molecule has 1 atom stereocenters. The molecule has 0 bridgehead atoms. The highest BCUT2D eigenvalue weighted by Crippen LogP contribution is 2.35. The highest BCUT2D eigenvalue weighted by molar-refractivity contribution is 7.89. The number of nitrogens with one attached hydrogen (secondary N) is 1. The number of aryl methyl sites for hydroxylation is 1. The first-order valence-corrected chi connectivity index (χ1v) is 13.5. The molecule has 10 nitrogen and oxygen atoms in total. The molecule has 1 N–H and O–H groups in total. The van der Waals surface area contributed by atoms with Crippen LogP contribution in [0.25, 0.3) is 0 Å². The maximum atomic E-state index is 13.0. The van der Waals surface area contributed by atoms with E-state index >= 15 is 0 Å². The smallest absolute Gasteiger partial charge is 0.381 e. The molecule has 1 amide bonds. The Bertz CT molecular complexity index is 1240. The van der Waals surface area contributed by atoms with Crippen LogP contribution in [0.5, 0.6) is 0 Å². The number of nitrogens with zero attached hydrogens (tertiary/aromatic N) is 5. The number of amides is 1. The van der Waals surface area contributed by atoms with Crippen molar-refractivity contribution in [2.75, 3.05) is 39.4 Å². The third kappa shape index (κ3) is 5.62. The van der Waals surface area contributed by atoms with E-state index in [1.165, 1.54) is 15.2 Å². The lowest BCUT2D eigenvalue weighted by Gasteiger charge is -2.52. The average molecular weight is 565 g/mol. The topological polar surface area (TPSA) is 110 Å². The van der Waals surface area contributed by atoms with E-state index in [1.807, 2.05) is 6.92 Å². The lowest BCUT2D eigenvalue weighted by molar-refractivity contribution is -0.137. The Hall–Kier alpha value is -2.26. The Morgan fingerprint density at radius 3 is 2.38 bits per heavy atom. The molecule has 204 valence electrons. The van der Waals surface area contributed by atoms with Crippen molar-refractivity contribution in [2.24, 2.45) is 7.05 Å². The molecular formula is C22H28ClF3N6O4S. The fourth-order valence-corrected chi connectivity index (χ4v) is 6.58. The fourth-order valence-electron chi connectivity index (χ4n) is 4.98. The van der Waals surface area contributed by atoms with Crippen molar-refractivity contribution in [3.63, 3.8) is 0 Å². The molecule has 0 aliphatic carbocycles. The summed E-state index contributed by atoms with van der Waals surface area (Å²) in [6.45, 7) is 4.05. The molecule has 15 heteroatoms. The van der Waals surface area contributed by atoms with Crippen molar-refractivity contribution in [3.05, 3.63) is 40.5 Å². The van der Waals surface area contributed by atoms with Crippen LogP contribution in [0.3, 0.4) is 0 Å². The van der Waals surface area contributed by atoms with Gasteiger partial charge in [-0.25, -0.2) is 8.42 Å². The normalized spacial score (nSPS) is 20.5. The molecule has 2 aromatic rings. The summed E-state index contributed by atoms with van der Waals surface area (Å²) < 4.78 is 73.1. The molecule has 0 saturated carbocycles. The SMILES string of the molecule is CC(NC(=O)c1ccc(C(F)(F)F)cc1Cl)C1(N2CCN(S(=O)(=O)c3cn(C)nn3)CC2)CCOCC1. The number of ether oxygens (including phenoxy) is 1. The van der Waals surface area contributed by atoms with Crippen LogP contribution in [0.1, 0.15) is 35.7 Å². The number of benzene rings is 1. The first kappa shape index (κ1) is 27.8. The summed E-state index contributed by atoms with van der Waals surface area (Å²) >= 11 is 6.03. The van der Waals surface area contributed by atoms with E-state index in [4.69, 9.17) is 16.3 Å². The second-order valence-electron chi connectivity index (χ2n) is 9.23. The largest absolute Gasteiger partial charge is 0.416 e. The number of carbonyl (C=O) groups excluding carboxylic acids is 1. The Morgan fingerprint density at radius 1 is 1.19 bits per heavy atom. The summed E-state index contributed by atoms with van der Waals surface area (Å²) in [5.74, 6) is -0.582. The molecule has 1 aromatic heterocycles. The van der Waals surface area contributed by atoms with Gasteiger partial charge in [-0.1, -0.05) is 16.8 Å². The van der Waals surface area contributed by atoms with E-state index in [0.717, 1.165) is 18.2 Å². The third-order valence-electron chi connectivity index (χ3n) is 7.11. The zero-order valence-corrected chi connectivity index (χ0v) is 21.9. The van der Waals surface area contributed by atoms with Crippen LogP contribution in [-0.4, -0.2) is 89.5 Å². The molecule has 2 aliphatic heterocycles. The number of hydrogen-bond acceptors (Lipinski definition) is 7. The molecule has 2 saturated heterocycles. The second-order valence-corrected chi connectivity index (χ2v) is 11.5. The monoisotopic (exact) mass is 564 g/mol. The number of halogens is 4. The fraction of sp³-hybridized carbons (Fsp3) is 0.591. The predicted octanol–water partition coefficient (Wildman–Crippen LogP) is 2.16. The van der Waals surface area contributed by atoms with Crippen molar-refractivity contribution < 1.29 is 31.1 Å². The van der Waals surface area contributed by atoms with E-state index in [9.17, 15) is 26.4 Å². The summed E-state index contributed by atoms with van der Waals surface area (Å²) in [7, 11) is -2.20. The molecule has 1 aromatic carbocycles. The molecule has 0 radical (unpaired) electrons. The van der Waals surface area contributed by atoms with E-state index in [0.29, 0.717) is 39.1 Å². The Kier molecular flexibility index (Phi) is 7.87. The Morgan fingerprint density at radius 2 is 1.84 bits per heavy atom. The number of carbonyl (C=O) groups is 1. The lowest BCUT2D eigenvalue weighted by Crippen LogP contribution is -2.67. The van der Waals surface area contributed by atoms with E-state index in [1.54, 1.807) is 7.05 Å². The first-order chi connectivity index (χ1) is 17.3. The summed E-state index contributed by atoms with van der Waals surface area (Å²) in [5, 5.41) is 9.96. The van der Waals surface area contributed by atoms with Crippen molar-refractivity contribution in [1.82, 2.24) is 29.5 Å². The Labute approximate surface area is 217 Å². The number of sulfonamides is 1. The van der Waals surface area contributed by atoms with Gasteiger partial charge >= 0.3 is 6.18 Å². The van der Waals surface area contributed by atoms with E-state index in [-0.39, 0.29) is 28.7 Å². The van der Waals surface area contributed by atoms with Gasteiger partial charge in [0.25, 0.3) is 15.9 Å². The van der Waals surface area contributed by atoms with Crippen molar-refractivity contribution in [2.45, 2.75) is 42.5 Å². The van der Waals surface area contributed by atoms with Crippen LogP contribution in [0.2, 0.25) is 5.02 Å². The van der Waals surface area contributed by atoms with Crippen LogP contribution in [0.4, 0.5) is 13.2 Å². The van der Waals surface area contributed by atoms with Gasteiger partial charge < -0.3 is 10.1 Å². The van der Waals surface area contributed by atoms with Gasteiger partial charge in [0.05, 0.1) is 22.3 Å². The number of hydrogen-bond donors (Lipinski definition) is 1. The van der Waals surface area contributed by atoms with Crippen LogP contribution in [0.15, 0.2) is 29.4 Å². The third-order valence-corrected chi connectivity index (χ3v) is 9.18. The highest BCUT2D eigenvalue weighted by Gasteiger charge is 2.46. The molecule has 2 aliphatic rings. The van der Waals surface area contributed by atoms with E-state index in [2.05, 4.69) is 20.5 Å². The minimum atomic E-state index is -4.57. The number of piperazine rings is 1. The molecule has 4 rings (SSSR count). The van der Waals surface area contributed by atoms with Crippen LogP contribution in [-0.2, 0) is 28.0 Å². The standard InChI is InChI=1S/C22H28ClF3N6O4S/c1-15(27-20(33)17-4-3-16(13-18(17)23)22(24,25)26)21(5-11-36-12-6-21)31-7-9-32(10-8-31)37(34,35)19-14-30(2)29-28-19/h3-4,13-15H,5-12H2,1-2H3,(H,27,33). The highest BCUT2D eigenvalue weighted by atomic mass is 35.5. The van der Waals surface area contributed by atoms with Gasteiger partial charge in [0.2, 0.25) is 5.03 Å². The minimum absolute atomic E-state index is 0.0522. The molecular weight excluding hydrogens is 537 g/mol. The zero-order valence-electron chi connectivity index (χ0n) is 20.3. The van der Waals surface area contributed by atoms with Crippen molar-refractivity contribution in [3.8, 4) is 0 Å². The number of rotatable bonds is 6. The quantitative estimate of drug-likeness (QED) is 0.572. The first-order valence-electron chi connectivity index (χ1n) is 11.7. The van der Waals surface area contributed by atoms with Gasteiger partial charge in [0.15, 0.2) is 0 Å². The molecule has 3 heterocycles. The molecule has 1 unspecified atom stereocenters. The van der Waals surface area contributed by atoms with Gasteiger partial charge in [-0.15, -0.1) is 5.10 Å². The summed E-state index contributed by atoms with van der Waals surface area (Å²) in [4.78, 5) is 15.2. The number of aromatic nitrogens is 3. The second kappa shape index (κ2) is 10.5. The van der Waals surface area contributed by atoms with Crippen LogP contribution < -0.4 is 5.32 Å². The van der Waals surface area contributed by atoms with Gasteiger partial charge in [-0.3, -0.25) is 14.4 Å². The maximum Gasteiger partial charge on any atom is 0.416 e.